The number of hydrogen-bond acceptors (Lipinski definition) is 3. The lowest BCUT2D eigenvalue weighted by Crippen LogP contribution is -2.33. The van der Waals surface area contributed by atoms with E-state index in [1.165, 1.54) is 12.1 Å². The number of nitrogens with zero attached hydrogens (tertiary/aromatic N) is 3. The number of amides is 1. The van der Waals surface area contributed by atoms with Gasteiger partial charge in [0.05, 0.1) is 12.1 Å². The molecule has 0 aliphatic carbocycles. The first kappa shape index (κ1) is 14.8. The van der Waals surface area contributed by atoms with E-state index in [-0.39, 0.29) is 24.3 Å². The molecule has 0 bridgehead atoms. The predicted molar refractivity (Wildman–Crippen MR) is 86.0 cm³/mol. The van der Waals surface area contributed by atoms with Crippen LogP contribution >= 0.6 is 0 Å². The van der Waals surface area contributed by atoms with Gasteiger partial charge in [0.1, 0.15) is 17.2 Å². The van der Waals surface area contributed by atoms with Crippen molar-refractivity contribution >= 4 is 11.6 Å². The fraction of sp³-hybridized carbons (Fsp3) is 0.222. The number of aromatic nitrogens is 2. The molecule has 2 atom stereocenters. The first-order valence-electron chi connectivity index (χ1n) is 7.80. The van der Waals surface area contributed by atoms with Gasteiger partial charge in [-0.1, -0.05) is 18.2 Å². The summed E-state index contributed by atoms with van der Waals surface area (Å²) >= 11 is 0. The quantitative estimate of drug-likeness (QED) is 0.787. The summed E-state index contributed by atoms with van der Waals surface area (Å²) in [5, 5.41) is 10.1. The van der Waals surface area contributed by atoms with Crippen molar-refractivity contribution in [3.8, 4) is 0 Å². The van der Waals surface area contributed by atoms with Crippen LogP contribution in [0.3, 0.4) is 0 Å². The number of aliphatic hydroxyl groups is 1. The number of carbonyl (C=O) groups excluding carboxylic acids is 1. The number of likely N-dealkylation sites (tertiary alicyclic amines) is 1. The van der Waals surface area contributed by atoms with E-state index < -0.39 is 6.10 Å². The van der Waals surface area contributed by atoms with Crippen LogP contribution in [0.25, 0.3) is 5.65 Å². The van der Waals surface area contributed by atoms with Crippen LogP contribution in [0.5, 0.6) is 0 Å². The maximum Gasteiger partial charge on any atom is 0.271 e. The van der Waals surface area contributed by atoms with Crippen LogP contribution in [0, 0.1) is 5.82 Å². The Hall–Kier alpha value is -2.73. The first-order chi connectivity index (χ1) is 11.6. The maximum absolute atomic E-state index is 13.2. The van der Waals surface area contributed by atoms with Gasteiger partial charge in [0.15, 0.2) is 0 Å². The lowest BCUT2D eigenvalue weighted by molar-refractivity contribution is 0.0708. The number of imidazole rings is 1. The molecule has 0 radical (unpaired) electrons. The highest BCUT2D eigenvalue weighted by Gasteiger charge is 2.36. The third-order valence-corrected chi connectivity index (χ3v) is 4.44. The molecule has 1 aromatic carbocycles. The van der Waals surface area contributed by atoms with Crippen molar-refractivity contribution in [2.75, 3.05) is 6.54 Å². The van der Waals surface area contributed by atoms with E-state index in [4.69, 9.17) is 0 Å². The Labute approximate surface area is 138 Å². The summed E-state index contributed by atoms with van der Waals surface area (Å²) in [5.41, 5.74) is 2.00. The van der Waals surface area contributed by atoms with Crippen molar-refractivity contribution in [3.63, 3.8) is 0 Å². The summed E-state index contributed by atoms with van der Waals surface area (Å²) in [5.74, 6) is -0.497. The standard InChI is InChI=1S/C18H16FN3O2/c19-13-6-4-12(5-7-13)16-10-14(23)11-22(16)18(24)15-2-1-3-17-20-8-9-21(15)17/h1-9,14,16,23H,10-11H2/t14-,16-/m0/s1. The molecular weight excluding hydrogens is 309 g/mol. The van der Waals surface area contributed by atoms with E-state index in [1.807, 2.05) is 6.07 Å². The van der Waals surface area contributed by atoms with E-state index in [2.05, 4.69) is 4.98 Å². The largest absolute Gasteiger partial charge is 0.391 e. The van der Waals surface area contributed by atoms with E-state index in [0.29, 0.717) is 17.8 Å². The van der Waals surface area contributed by atoms with Crippen LogP contribution in [-0.4, -0.2) is 37.9 Å². The molecule has 0 spiro atoms. The van der Waals surface area contributed by atoms with Crippen LogP contribution in [0.2, 0.25) is 0 Å². The first-order valence-corrected chi connectivity index (χ1v) is 7.80. The average molecular weight is 325 g/mol. The third kappa shape index (κ3) is 2.45. The SMILES string of the molecule is O=C(c1cccc2nccn12)N1C[C@@H](O)C[C@H]1c1ccc(F)cc1. The van der Waals surface area contributed by atoms with E-state index in [0.717, 1.165) is 5.56 Å². The molecule has 1 fully saturated rings. The highest BCUT2D eigenvalue weighted by Crippen LogP contribution is 2.33. The second-order valence-corrected chi connectivity index (χ2v) is 5.98. The van der Waals surface area contributed by atoms with Gasteiger partial charge in [-0.05, 0) is 36.2 Å². The van der Waals surface area contributed by atoms with Crippen molar-refractivity contribution < 1.29 is 14.3 Å². The Morgan fingerprint density at radius 2 is 2.00 bits per heavy atom. The number of rotatable bonds is 2. The van der Waals surface area contributed by atoms with Gasteiger partial charge in [-0.25, -0.2) is 9.37 Å². The molecule has 6 heteroatoms. The van der Waals surface area contributed by atoms with E-state index in [1.54, 1.807) is 46.0 Å². The summed E-state index contributed by atoms with van der Waals surface area (Å²) < 4.78 is 14.9. The molecule has 4 rings (SSSR count). The summed E-state index contributed by atoms with van der Waals surface area (Å²) in [6, 6.07) is 11.2. The summed E-state index contributed by atoms with van der Waals surface area (Å²) in [7, 11) is 0. The van der Waals surface area contributed by atoms with Crippen LogP contribution in [0.1, 0.15) is 28.5 Å². The van der Waals surface area contributed by atoms with E-state index in [9.17, 15) is 14.3 Å². The predicted octanol–water partition coefficient (Wildman–Crippen LogP) is 2.42. The number of fused-ring (bicyclic) bond motifs is 1. The van der Waals surface area contributed by atoms with Crippen molar-refractivity contribution in [1.82, 2.24) is 14.3 Å². The molecule has 0 unspecified atom stereocenters. The molecule has 24 heavy (non-hydrogen) atoms. The minimum atomic E-state index is -0.592. The Bertz CT molecular complexity index is 891. The fourth-order valence-electron chi connectivity index (χ4n) is 3.31. The molecule has 122 valence electrons. The van der Waals surface area contributed by atoms with Gasteiger partial charge in [-0.3, -0.25) is 9.20 Å². The van der Waals surface area contributed by atoms with Gasteiger partial charge in [-0.15, -0.1) is 0 Å². The summed E-state index contributed by atoms with van der Waals surface area (Å²) in [4.78, 5) is 18.9. The second kappa shape index (κ2) is 5.72. The lowest BCUT2D eigenvalue weighted by Gasteiger charge is -2.25. The number of hydrogen-bond donors (Lipinski definition) is 1. The van der Waals surface area contributed by atoms with Gasteiger partial charge >= 0.3 is 0 Å². The molecule has 0 saturated carbocycles. The maximum atomic E-state index is 13.2. The summed E-state index contributed by atoms with van der Waals surface area (Å²) in [6.07, 6.45) is 3.23. The number of aliphatic hydroxyl groups excluding tert-OH is 1. The average Bonchev–Trinajstić information content (AvgIpc) is 3.21. The minimum Gasteiger partial charge on any atom is -0.391 e. The molecule has 2 aromatic heterocycles. The molecule has 3 heterocycles. The van der Waals surface area contributed by atoms with Crippen LogP contribution in [0.15, 0.2) is 54.9 Å². The molecule has 1 aliphatic rings. The van der Waals surface area contributed by atoms with Gasteiger partial charge < -0.3 is 10.0 Å². The second-order valence-electron chi connectivity index (χ2n) is 5.98. The van der Waals surface area contributed by atoms with Crippen molar-refractivity contribution in [3.05, 3.63) is 71.9 Å². The van der Waals surface area contributed by atoms with Crippen molar-refractivity contribution in [2.45, 2.75) is 18.6 Å². The number of benzene rings is 1. The zero-order chi connectivity index (χ0) is 16.7. The van der Waals surface area contributed by atoms with Crippen molar-refractivity contribution in [1.29, 1.82) is 0 Å². The number of β-amino-alcohol motifs (C(OH)–C–C–N with tert-alkyl or cyclic N) is 1. The molecule has 1 aliphatic heterocycles. The molecular formula is C18H16FN3O2. The number of pyridine rings is 1. The minimum absolute atomic E-state index is 0.176. The number of carbonyl (C=O) groups is 1. The molecule has 5 nitrogen and oxygen atoms in total. The van der Waals surface area contributed by atoms with Crippen LogP contribution < -0.4 is 0 Å². The molecule has 3 aromatic rings. The smallest absolute Gasteiger partial charge is 0.271 e. The van der Waals surface area contributed by atoms with Gasteiger partial charge in [0.25, 0.3) is 5.91 Å². The number of halogens is 1. The third-order valence-electron chi connectivity index (χ3n) is 4.44. The fourth-order valence-corrected chi connectivity index (χ4v) is 3.31. The lowest BCUT2D eigenvalue weighted by atomic mass is 10.0. The molecule has 1 saturated heterocycles. The highest BCUT2D eigenvalue weighted by atomic mass is 19.1. The zero-order valence-electron chi connectivity index (χ0n) is 12.8. The van der Waals surface area contributed by atoms with Gasteiger partial charge in [0.2, 0.25) is 0 Å². The van der Waals surface area contributed by atoms with Crippen LogP contribution in [0.4, 0.5) is 4.39 Å². The van der Waals surface area contributed by atoms with Crippen LogP contribution in [-0.2, 0) is 0 Å². The Morgan fingerprint density at radius 1 is 1.21 bits per heavy atom. The van der Waals surface area contributed by atoms with Gasteiger partial charge in [-0.2, -0.15) is 0 Å². The highest BCUT2D eigenvalue weighted by molar-refractivity contribution is 5.93. The normalized spacial score (nSPS) is 20.7. The van der Waals surface area contributed by atoms with Crippen molar-refractivity contribution in [2.24, 2.45) is 0 Å². The van der Waals surface area contributed by atoms with E-state index >= 15 is 0 Å². The Morgan fingerprint density at radius 3 is 2.79 bits per heavy atom. The topological polar surface area (TPSA) is 57.8 Å². The van der Waals surface area contributed by atoms with Gasteiger partial charge in [0, 0.05) is 18.9 Å². The summed E-state index contributed by atoms with van der Waals surface area (Å²) in [6.45, 7) is 0.256. The molecule has 1 N–H and O–H groups in total. The zero-order valence-corrected chi connectivity index (χ0v) is 12.8. The monoisotopic (exact) mass is 325 g/mol. The molecule has 1 amide bonds. The Kier molecular flexibility index (Phi) is 3.54. The Balaban J connectivity index is 1.72.